The molecule has 21 heavy (non-hydrogen) atoms. The molecule has 1 aromatic carbocycles. The van der Waals surface area contributed by atoms with E-state index in [0.29, 0.717) is 12.8 Å². The van der Waals surface area contributed by atoms with Crippen molar-refractivity contribution in [1.29, 1.82) is 0 Å². The third-order valence-electron chi connectivity index (χ3n) is 3.81. The zero-order valence-electron chi connectivity index (χ0n) is 11.8. The fourth-order valence-corrected chi connectivity index (χ4v) is 3.04. The minimum absolute atomic E-state index is 0.0548. The number of urea groups is 1. The molecule has 0 radical (unpaired) electrons. The normalized spacial score (nSPS) is 22.6. The van der Waals surface area contributed by atoms with Crippen molar-refractivity contribution in [3.05, 3.63) is 34.3 Å². The van der Waals surface area contributed by atoms with Crippen molar-refractivity contribution in [2.24, 2.45) is 5.92 Å². The van der Waals surface area contributed by atoms with E-state index in [2.05, 4.69) is 26.6 Å². The Hall–Kier alpha value is -1.56. The zero-order valence-corrected chi connectivity index (χ0v) is 13.4. The van der Waals surface area contributed by atoms with Crippen LogP contribution >= 0.6 is 15.9 Å². The summed E-state index contributed by atoms with van der Waals surface area (Å²) in [7, 11) is 0. The van der Waals surface area contributed by atoms with Gasteiger partial charge in [0, 0.05) is 10.5 Å². The van der Waals surface area contributed by atoms with Crippen LogP contribution in [-0.4, -0.2) is 23.1 Å². The van der Waals surface area contributed by atoms with Crippen molar-refractivity contribution in [2.45, 2.75) is 38.3 Å². The first-order valence-electron chi connectivity index (χ1n) is 7.01. The van der Waals surface area contributed by atoms with Crippen LogP contribution in [-0.2, 0) is 4.79 Å². The number of aliphatic carboxylic acids is 1. The molecule has 0 aromatic heterocycles. The van der Waals surface area contributed by atoms with Gasteiger partial charge in [-0.15, -0.1) is 0 Å². The molecule has 0 saturated heterocycles. The Morgan fingerprint density at radius 1 is 1.38 bits per heavy atom. The number of rotatable bonds is 4. The molecule has 1 aliphatic carbocycles. The molecule has 114 valence electrons. The number of hydrogen-bond donors (Lipinski definition) is 3. The van der Waals surface area contributed by atoms with Crippen LogP contribution in [0.25, 0.3) is 0 Å². The summed E-state index contributed by atoms with van der Waals surface area (Å²) in [6, 6.07) is 7.34. The summed E-state index contributed by atoms with van der Waals surface area (Å²) < 4.78 is 0.967. The van der Waals surface area contributed by atoms with Crippen molar-refractivity contribution in [1.82, 2.24) is 10.6 Å². The highest BCUT2D eigenvalue weighted by Crippen LogP contribution is 2.25. The Labute approximate surface area is 132 Å². The highest BCUT2D eigenvalue weighted by molar-refractivity contribution is 9.10. The minimum atomic E-state index is -0.776. The third kappa shape index (κ3) is 4.46. The third-order valence-corrected chi connectivity index (χ3v) is 4.31. The molecule has 2 amide bonds. The first-order valence-corrected chi connectivity index (χ1v) is 7.80. The molecule has 2 rings (SSSR count). The van der Waals surface area contributed by atoms with Crippen molar-refractivity contribution >= 4 is 27.9 Å². The van der Waals surface area contributed by atoms with Crippen LogP contribution in [0.15, 0.2) is 28.7 Å². The second kappa shape index (κ2) is 6.93. The van der Waals surface area contributed by atoms with Gasteiger partial charge in [0.2, 0.25) is 0 Å². The topological polar surface area (TPSA) is 78.4 Å². The molecule has 1 unspecified atom stereocenters. The van der Waals surface area contributed by atoms with E-state index >= 15 is 0 Å². The van der Waals surface area contributed by atoms with Gasteiger partial charge in [-0.2, -0.15) is 0 Å². The van der Waals surface area contributed by atoms with Crippen LogP contribution < -0.4 is 10.6 Å². The first-order chi connectivity index (χ1) is 9.95. The quantitative estimate of drug-likeness (QED) is 0.777. The molecule has 1 aromatic rings. The molecule has 3 N–H and O–H groups in total. The Bertz CT molecular complexity index is 535. The molecule has 5 nitrogen and oxygen atoms in total. The van der Waals surface area contributed by atoms with E-state index in [9.17, 15) is 9.59 Å². The molecule has 6 heteroatoms. The number of carbonyl (C=O) groups is 2. The van der Waals surface area contributed by atoms with Crippen molar-refractivity contribution < 1.29 is 14.7 Å². The molecule has 0 aliphatic heterocycles. The monoisotopic (exact) mass is 354 g/mol. The summed E-state index contributed by atoms with van der Waals surface area (Å²) in [5.41, 5.74) is 1.01. The second-order valence-electron chi connectivity index (χ2n) is 5.44. The average molecular weight is 355 g/mol. The van der Waals surface area contributed by atoms with E-state index in [1.165, 1.54) is 0 Å². The van der Waals surface area contributed by atoms with Gasteiger partial charge in [0.25, 0.3) is 0 Å². The van der Waals surface area contributed by atoms with E-state index in [0.717, 1.165) is 16.5 Å². The summed E-state index contributed by atoms with van der Waals surface area (Å²) in [5.74, 6) is -1.11. The number of hydrogen-bond acceptors (Lipinski definition) is 2. The van der Waals surface area contributed by atoms with Crippen LogP contribution in [0.4, 0.5) is 4.79 Å². The van der Waals surface area contributed by atoms with Gasteiger partial charge in [-0.05, 0) is 43.9 Å². The van der Waals surface area contributed by atoms with Crippen LogP contribution in [0.5, 0.6) is 0 Å². The van der Waals surface area contributed by atoms with Gasteiger partial charge in [0.15, 0.2) is 0 Å². The molecule has 0 heterocycles. The lowest BCUT2D eigenvalue weighted by Crippen LogP contribution is -2.42. The lowest BCUT2D eigenvalue weighted by Gasteiger charge is -2.18. The second-order valence-corrected chi connectivity index (χ2v) is 6.36. The molecule has 1 aliphatic rings. The lowest BCUT2D eigenvalue weighted by molar-refractivity contribution is -0.141. The Morgan fingerprint density at radius 3 is 2.76 bits per heavy atom. The molecule has 0 bridgehead atoms. The fourth-order valence-electron chi connectivity index (χ4n) is 2.62. The summed E-state index contributed by atoms with van der Waals surface area (Å²) >= 11 is 3.40. The van der Waals surface area contributed by atoms with Crippen LogP contribution in [0, 0.1) is 5.92 Å². The van der Waals surface area contributed by atoms with Gasteiger partial charge in [-0.3, -0.25) is 4.79 Å². The maximum atomic E-state index is 12.0. The number of amides is 2. The van der Waals surface area contributed by atoms with E-state index in [-0.39, 0.29) is 24.0 Å². The van der Waals surface area contributed by atoms with Gasteiger partial charge in [0.05, 0.1) is 12.0 Å². The standard InChI is InChI=1S/C15H19BrN2O3/c1-9(10-3-2-4-12(16)7-10)17-15(21)18-13-6-5-11(8-13)14(19)20/h2-4,7,9,11,13H,5-6,8H2,1H3,(H,19,20)(H2,17,18,21)/t9?,11-,13+/m1/s1. The Kier molecular flexibility index (Phi) is 5.22. The van der Waals surface area contributed by atoms with Crippen molar-refractivity contribution in [3.63, 3.8) is 0 Å². The molecule has 3 atom stereocenters. The van der Waals surface area contributed by atoms with E-state index in [1.807, 2.05) is 31.2 Å². The van der Waals surface area contributed by atoms with Gasteiger partial charge >= 0.3 is 12.0 Å². The molecular weight excluding hydrogens is 336 g/mol. The highest BCUT2D eigenvalue weighted by atomic mass is 79.9. The number of carboxylic acids is 1. The summed E-state index contributed by atoms with van der Waals surface area (Å²) in [5, 5.41) is 14.7. The van der Waals surface area contributed by atoms with Crippen molar-refractivity contribution in [3.8, 4) is 0 Å². The number of nitrogens with one attached hydrogen (secondary N) is 2. The summed E-state index contributed by atoms with van der Waals surface area (Å²) in [4.78, 5) is 22.9. The Balaban J connectivity index is 1.83. The molecule has 1 fully saturated rings. The van der Waals surface area contributed by atoms with E-state index < -0.39 is 5.97 Å². The number of halogens is 1. The van der Waals surface area contributed by atoms with E-state index in [1.54, 1.807) is 0 Å². The highest BCUT2D eigenvalue weighted by Gasteiger charge is 2.30. The maximum Gasteiger partial charge on any atom is 0.315 e. The molecule has 0 spiro atoms. The minimum Gasteiger partial charge on any atom is -0.481 e. The first kappa shape index (κ1) is 15.8. The van der Waals surface area contributed by atoms with Crippen molar-refractivity contribution in [2.75, 3.05) is 0 Å². The van der Waals surface area contributed by atoms with Gasteiger partial charge in [-0.1, -0.05) is 28.1 Å². The van der Waals surface area contributed by atoms with Crippen LogP contribution in [0.3, 0.4) is 0 Å². The fraction of sp³-hybridized carbons (Fsp3) is 0.467. The molecule has 1 saturated carbocycles. The lowest BCUT2D eigenvalue weighted by atomic mass is 10.1. The SMILES string of the molecule is CC(NC(=O)N[C@H]1CC[C@@H](C(=O)O)C1)c1cccc(Br)c1. The predicted molar refractivity (Wildman–Crippen MR) is 83.0 cm³/mol. The summed E-state index contributed by atoms with van der Waals surface area (Å²) in [6.45, 7) is 1.91. The number of benzene rings is 1. The Morgan fingerprint density at radius 2 is 2.14 bits per heavy atom. The number of carbonyl (C=O) groups excluding carboxylic acids is 1. The summed E-state index contributed by atoms with van der Waals surface area (Å²) in [6.07, 6.45) is 1.85. The van der Waals surface area contributed by atoms with Crippen LogP contribution in [0.1, 0.15) is 37.8 Å². The maximum absolute atomic E-state index is 12.0. The number of carboxylic acid groups (broad SMARTS) is 1. The van der Waals surface area contributed by atoms with E-state index in [4.69, 9.17) is 5.11 Å². The zero-order chi connectivity index (χ0) is 15.4. The van der Waals surface area contributed by atoms with Gasteiger partial charge in [-0.25, -0.2) is 4.79 Å². The average Bonchev–Trinajstić information content (AvgIpc) is 2.87. The van der Waals surface area contributed by atoms with Crippen LogP contribution in [0.2, 0.25) is 0 Å². The predicted octanol–water partition coefficient (Wildman–Crippen LogP) is 3.06. The largest absolute Gasteiger partial charge is 0.481 e. The molecular formula is C15H19BrN2O3. The smallest absolute Gasteiger partial charge is 0.315 e. The van der Waals surface area contributed by atoms with Gasteiger partial charge in [0.1, 0.15) is 0 Å². The van der Waals surface area contributed by atoms with Gasteiger partial charge < -0.3 is 15.7 Å².